The van der Waals surface area contributed by atoms with Gasteiger partial charge >= 0.3 is 0 Å². The first-order chi connectivity index (χ1) is 28.9. The lowest BCUT2D eigenvalue weighted by molar-refractivity contribution is 0.392. The van der Waals surface area contributed by atoms with Crippen molar-refractivity contribution in [1.29, 1.82) is 0 Å². The van der Waals surface area contributed by atoms with E-state index >= 15 is 0 Å². The van der Waals surface area contributed by atoms with Crippen molar-refractivity contribution in [1.82, 2.24) is 19.9 Å². The van der Waals surface area contributed by atoms with Gasteiger partial charge in [-0.25, -0.2) is 0 Å². The molecule has 0 bridgehead atoms. The number of nitrogens with zero attached hydrogens (tertiary/aromatic N) is 4. The summed E-state index contributed by atoms with van der Waals surface area (Å²) in [5.74, 6) is 3.33. The molecule has 0 aliphatic carbocycles. The van der Waals surface area contributed by atoms with Crippen LogP contribution in [0.3, 0.4) is 0 Å². The van der Waals surface area contributed by atoms with Crippen LogP contribution < -0.4 is 0 Å². The average molecular weight is 895 g/mol. The first kappa shape index (κ1) is 58.4. The Morgan fingerprint density at radius 2 is 0.797 bits per heavy atom. The third-order valence-electron chi connectivity index (χ3n) is 10.5. The standard InChI is InChI=1S/C12H20N2.C12H20O.C12H20S.2C11H17N/c1-11(2,3)9-10(12(4,5)6)14-8-7-13-9;2*1-11(2,3)9-7-8-13-10(9)12(4,5)6;2*1-8(2)10-6-5-7-12-11(10)9(3)4/h7-8H,1-6H3;2*7-8H,1-6H3;2*5-9H,1-4H3. The van der Waals surface area contributed by atoms with Gasteiger partial charge in [0.1, 0.15) is 5.76 Å². The molecule has 5 heterocycles. The maximum absolute atomic E-state index is 5.56. The van der Waals surface area contributed by atoms with Crippen LogP contribution in [0.2, 0.25) is 0 Å². The Morgan fingerprint density at radius 3 is 1.05 bits per heavy atom. The second-order valence-electron chi connectivity index (χ2n) is 24.7. The Bertz CT molecular complexity index is 1830. The van der Waals surface area contributed by atoms with Crippen molar-refractivity contribution in [2.75, 3.05) is 0 Å². The van der Waals surface area contributed by atoms with Crippen molar-refractivity contribution in [2.45, 2.75) is 236 Å². The third kappa shape index (κ3) is 18.7. The SMILES string of the molecule is CC(C)(C)c1ccoc1C(C)(C)C.CC(C)(C)c1ccsc1C(C)(C)C.CC(C)(C)c1nccnc1C(C)(C)C.CC(C)c1cccnc1C(C)C.CC(C)c1cccnc1C(C)C. The molecule has 64 heavy (non-hydrogen) atoms. The molecule has 0 saturated heterocycles. The van der Waals surface area contributed by atoms with Gasteiger partial charge in [0, 0.05) is 57.3 Å². The van der Waals surface area contributed by atoms with Gasteiger partial charge in [-0.3, -0.25) is 19.9 Å². The molecule has 0 unspecified atom stereocenters. The summed E-state index contributed by atoms with van der Waals surface area (Å²) in [6.45, 7) is 57.5. The Labute approximate surface area is 398 Å². The molecule has 0 aromatic carbocycles. The van der Waals surface area contributed by atoms with Crippen LogP contribution in [0.5, 0.6) is 0 Å². The molecule has 0 aliphatic heterocycles. The minimum Gasteiger partial charge on any atom is -0.468 e. The van der Waals surface area contributed by atoms with Crippen molar-refractivity contribution < 1.29 is 4.42 Å². The fraction of sp³-hybridized carbons (Fsp3) is 0.621. The first-order valence-electron chi connectivity index (χ1n) is 23.8. The molecule has 0 aliphatic rings. The summed E-state index contributed by atoms with van der Waals surface area (Å²) in [5.41, 5.74) is 11.3. The lowest BCUT2D eigenvalue weighted by Gasteiger charge is -2.27. The molecule has 0 atom stereocenters. The van der Waals surface area contributed by atoms with Gasteiger partial charge in [0.05, 0.1) is 17.7 Å². The lowest BCUT2D eigenvalue weighted by atomic mass is 9.80. The highest BCUT2D eigenvalue weighted by atomic mass is 32.1. The molecule has 5 aromatic heterocycles. The van der Waals surface area contributed by atoms with E-state index in [0.717, 1.165) is 17.1 Å². The lowest BCUT2D eigenvalue weighted by Crippen LogP contribution is -2.24. The summed E-state index contributed by atoms with van der Waals surface area (Å²) in [7, 11) is 0. The van der Waals surface area contributed by atoms with E-state index in [1.807, 2.05) is 35.9 Å². The van der Waals surface area contributed by atoms with Gasteiger partial charge in [0.2, 0.25) is 0 Å². The van der Waals surface area contributed by atoms with Crippen LogP contribution in [0.4, 0.5) is 0 Å². The van der Waals surface area contributed by atoms with Gasteiger partial charge in [-0.2, -0.15) is 0 Å². The molecule has 5 rings (SSSR count). The molecule has 6 heteroatoms. The smallest absolute Gasteiger partial charge is 0.112 e. The minimum atomic E-state index is 0.0663. The highest BCUT2D eigenvalue weighted by Crippen LogP contribution is 2.38. The van der Waals surface area contributed by atoms with Crippen molar-refractivity contribution in [3.63, 3.8) is 0 Å². The second kappa shape index (κ2) is 23.7. The van der Waals surface area contributed by atoms with Gasteiger partial charge < -0.3 is 4.42 Å². The minimum absolute atomic E-state index is 0.0663. The zero-order chi connectivity index (χ0) is 49.8. The van der Waals surface area contributed by atoms with Gasteiger partial charge in [-0.05, 0) is 91.8 Å². The van der Waals surface area contributed by atoms with Crippen LogP contribution in [-0.4, -0.2) is 19.9 Å². The van der Waals surface area contributed by atoms with E-state index in [-0.39, 0.29) is 32.5 Å². The Balaban J connectivity index is 0.000000400. The zero-order valence-corrected chi connectivity index (χ0v) is 46.7. The number of pyridine rings is 2. The van der Waals surface area contributed by atoms with E-state index in [2.05, 4.69) is 230 Å². The van der Waals surface area contributed by atoms with E-state index < -0.39 is 0 Å². The molecule has 0 saturated carbocycles. The number of furan rings is 1. The van der Waals surface area contributed by atoms with Gasteiger partial charge in [-0.15, -0.1) is 11.3 Å². The van der Waals surface area contributed by atoms with E-state index in [0.29, 0.717) is 23.7 Å². The highest BCUT2D eigenvalue weighted by molar-refractivity contribution is 7.10. The largest absolute Gasteiger partial charge is 0.468 e. The number of aromatic nitrogens is 4. The number of hydrogen-bond donors (Lipinski definition) is 0. The molecule has 0 N–H and O–H groups in total. The zero-order valence-electron chi connectivity index (χ0n) is 45.8. The highest BCUT2D eigenvalue weighted by Gasteiger charge is 2.29. The molecule has 5 aromatic rings. The van der Waals surface area contributed by atoms with Crippen LogP contribution in [0.1, 0.15) is 259 Å². The molecular weight excluding hydrogens is 801 g/mol. The molecule has 0 amide bonds. The van der Waals surface area contributed by atoms with E-state index in [1.165, 1.54) is 38.5 Å². The predicted octanol–water partition coefficient (Wildman–Crippen LogP) is 17.9. The van der Waals surface area contributed by atoms with E-state index in [9.17, 15) is 0 Å². The summed E-state index contributed by atoms with van der Waals surface area (Å²) >= 11 is 1.88. The molecular formula is C58H94N4OS. The fourth-order valence-electron chi connectivity index (χ4n) is 7.20. The van der Waals surface area contributed by atoms with Crippen LogP contribution >= 0.6 is 11.3 Å². The summed E-state index contributed by atoms with van der Waals surface area (Å²) in [6, 6.07) is 12.7. The van der Waals surface area contributed by atoms with Crippen LogP contribution in [0.15, 0.2) is 77.2 Å². The van der Waals surface area contributed by atoms with Crippen LogP contribution in [0, 0.1) is 0 Å². The van der Waals surface area contributed by atoms with E-state index in [1.54, 1.807) is 18.7 Å². The Hall–Kier alpha value is -3.64. The van der Waals surface area contributed by atoms with Crippen molar-refractivity contribution >= 4 is 11.3 Å². The summed E-state index contributed by atoms with van der Waals surface area (Å²) in [6.07, 6.45) is 9.09. The molecule has 0 fully saturated rings. The predicted molar refractivity (Wildman–Crippen MR) is 282 cm³/mol. The normalized spacial score (nSPS) is 12.5. The molecule has 358 valence electrons. The maximum Gasteiger partial charge on any atom is 0.112 e. The number of thiophene rings is 1. The van der Waals surface area contributed by atoms with Gasteiger partial charge in [0.15, 0.2) is 0 Å². The molecule has 0 radical (unpaired) electrons. The quantitative estimate of drug-likeness (QED) is 0.180. The monoisotopic (exact) mass is 895 g/mol. The summed E-state index contributed by atoms with van der Waals surface area (Å²) in [4.78, 5) is 19.2. The second-order valence-corrected chi connectivity index (χ2v) is 25.6. The Morgan fingerprint density at radius 1 is 0.406 bits per heavy atom. The fourth-order valence-corrected chi connectivity index (χ4v) is 8.39. The third-order valence-corrected chi connectivity index (χ3v) is 11.8. The van der Waals surface area contributed by atoms with Crippen LogP contribution in [-0.2, 0) is 32.5 Å². The maximum atomic E-state index is 5.56. The van der Waals surface area contributed by atoms with Crippen molar-refractivity contribution in [2.24, 2.45) is 0 Å². The Kier molecular flexibility index (Phi) is 21.6. The first-order valence-corrected chi connectivity index (χ1v) is 24.7. The molecule has 0 spiro atoms. The summed E-state index contributed by atoms with van der Waals surface area (Å²) in [5, 5.41) is 2.21. The van der Waals surface area contributed by atoms with Crippen molar-refractivity contribution in [3.05, 3.63) is 128 Å². The van der Waals surface area contributed by atoms with Gasteiger partial charge in [0.25, 0.3) is 0 Å². The number of rotatable bonds is 4. The molecule has 5 nitrogen and oxygen atoms in total. The van der Waals surface area contributed by atoms with Crippen molar-refractivity contribution in [3.8, 4) is 0 Å². The topological polar surface area (TPSA) is 64.7 Å². The number of hydrogen-bond acceptors (Lipinski definition) is 6. The average Bonchev–Trinajstić information content (AvgIpc) is 3.88. The summed E-state index contributed by atoms with van der Waals surface area (Å²) < 4.78 is 5.56. The van der Waals surface area contributed by atoms with Gasteiger partial charge in [-0.1, -0.05) is 192 Å². The van der Waals surface area contributed by atoms with E-state index in [4.69, 9.17) is 4.42 Å². The van der Waals surface area contributed by atoms with Crippen LogP contribution in [0.25, 0.3) is 0 Å².